The van der Waals surface area contributed by atoms with Crippen molar-refractivity contribution < 1.29 is 4.79 Å². The lowest BCUT2D eigenvalue weighted by Gasteiger charge is -2.08. The van der Waals surface area contributed by atoms with Crippen LogP contribution in [-0.2, 0) is 11.2 Å². The minimum atomic E-state index is -0.0255. The molecule has 18 heavy (non-hydrogen) atoms. The maximum absolute atomic E-state index is 11.8. The third-order valence-corrected chi connectivity index (χ3v) is 3.00. The summed E-state index contributed by atoms with van der Waals surface area (Å²) >= 11 is 0. The Kier molecular flexibility index (Phi) is 3.33. The Balaban J connectivity index is 2.58. The number of nitrogens with one attached hydrogen (secondary N) is 1. The van der Waals surface area contributed by atoms with E-state index in [1.165, 1.54) is 0 Å². The van der Waals surface area contributed by atoms with Crippen molar-refractivity contribution in [3.63, 3.8) is 0 Å². The molecule has 1 aromatic rings. The molecule has 1 aromatic carbocycles. The lowest BCUT2D eigenvalue weighted by molar-refractivity contribution is -0.119. The summed E-state index contributed by atoms with van der Waals surface area (Å²) in [6, 6.07) is 7.90. The van der Waals surface area contributed by atoms with Gasteiger partial charge in [0.2, 0.25) is 5.91 Å². The summed E-state index contributed by atoms with van der Waals surface area (Å²) in [5.74, 6) is -0.0255. The van der Waals surface area contributed by atoms with E-state index in [4.69, 9.17) is 5.73 Å². The van der Waals surface area contributed by atoms with Crippen LogP contribution in [0.1, 0.15) is 18.1 Å². The van der Waals surface area contributed by atoms with Crippen LogP contribution in [0.2, 0.25) is 0 Å². The molecule has 0 spiro atoms. The number of allylic oxidation sites excluding steroid dienone is 3. The van der Waals surface area contributed by atoms with Crippen LogP contribution in [0.25, 0.3) is 5.57 Å². The molecule has 2 rings (SSSR count). The summed E-state index contributed by atoms with van der Waals surface area (Å²) < 4.78 is 0. The zero-order chi connectivity index (χ0) is 13.1. The Morgan fingerprint density at radius 3 is 2.89 bits per heavy atom. The molecule has 1 aliphatic heterocycles. The molecule has 1 amide bonds. The molecule has 0 aromatic heterocycles. The molecule has 0 saturated carbocycles. The number of carbonyl (C=O) groups excluding carboxylic acids is 1. The molecule has 92 valence electrons. The van der Waals surface area contributed by atoms with Crippen LogP contribution in [0.4, 0.5) is 0 Å². The topological polar surface area (TPSA) is 55.1 Å². The van der Waals surface area contributed by atoms with E-state index in [9.17, 15) is 4.79 Å². The SMILES string of the molecule is C=C/C(N)=C\C1=C(C)c2ccccc2CC(=O)N1. The fourth-order valence-corrected chi connectivity index (χ4v) is 2.02. The molecule has 0 radical (unpaired) electrons. The zero-order valence-corrected chi connectivity index (χ0v) is 10.4. The van der Waals surface area contributed by atoms with Gasteiger partial charge in [0.25, 0.3) is 0 Å². The maximum atomic E-state index is 11.8. The molecule has 0 atom stereocenters. The van der Waals surface area contributed by atoms with E-state index in [0.29, 0.717) is 12.1 Å². The minimum Gasteiger partial charge on any atom is -0.399 e. The lowest BCUT2D eigenvalue weighted by atomic mass is 9.98. The van der Waals surface area contributed by atoms with Crippen molar-refractivity contribution in [2.75, 3.05) is 0 Å². The minimum absolute atomic E-state index is 0.0255. The highest BCUT2D eigenvalue weighted by molar-refractivity contribution is 5.88. The van der Waals surface area contributed by atoms with Crippen molar-refractivity contribution in [3.8, 4) is 0 Å². The molecule has 0 bridgehead atoms. The van der Waals surface area contributed by atoms with Crippen LogP contribution in [0.15, 0.2) is 54.4 Å². The van der Waals surface area contributed by atoms with E-state index in [-0.39, 0.29) is 5.91 Å². The molecule has 1 heterocycles. The summed E-state index contributed by atoms with van der Waals surface area (Å²) in [5, 5.41) is 2.88. The summed E-state index contributed by atoms with van der Waals surface area (Å²) in [4.78, 5) is 11.8. The second-order valence-electron chi connectivity index (χ2n) is 4.27. The quantitative estimate of drug-likeness (QED) is 0.778. The van der Waals surface area contributed by atoms with E-state index in [0.717, 1.165) is 22.4 Å². The molecule has 0 aliphatic carbocycles. The first kappa shape index (κ1) is 12.2. The normalized spacial score (nSPS) is 15.8. The van der Waals surface area contributed by atoms with Gasteiger partial charge in [-0.15, -0.1) is 0 Å². The van der Waals surface area contributed by atoms with Crippen LogP contribution in [0.3, 0.4) is 0 Å². The average Bonchev–Trinajstić information content (AvgIpc) is 2.48. The molecule has 0 fully saturated rings. The van der Waals surface area contributed by atoms with Crippen LogP contribution in [0, 0.1) is 0 Å². The second kappa shape index (κ2) is 4.92. The summed E-state index contributed by atoms with van der Waals surface area (Å²) in [5.41, 5.74) is 10.1. The summed E-state index contributed by atoms with van der Waals surface area (Å²) in [6.45, 7) is 5.59. The fourth-order valence-electron chi connectivity index (χ4n) is 2.02. The van der Waals surface area contributed by atoms with Gasteiger partial charge in [0.05, 0.1) is 6.42 Å². The van der Waals surface area contributed by atoms with Gasteiger partial charge in [-0.1, -0.05) is 30.8 Å². The van der Waals surface area contributed by atoms with E-state index in [1.807, 2.05) is 31.2 Å². The van der Waals surface area contributed by atoms with Gasteiger partial charge in [0, 0.05) is 11.4 Å². The molecule has 0 saturated heterocycles. The Morgan fingerprint density at radius 2 is 2.17 bits per heavy atom. The Bertz CT molecular complexity index is 568. The standard InChI is InChI=1S/C15H16N2O/c1-3-12(16)9-14-10(2)13-7-5-4-6-11(13)8-15(18)17-14/h3-7,9H,1,8,16H2,2H3,(H,17,18)/b12-9+. The van der Waals surface area contributed by atoms with Crippen molar-refractivity contribution in [3.05, 3.63) is 65.5 Å². The van der Waals surface area contributed by atoms with Crippen LogP contribution < -0.4 is 11.1 Å². The van der Waals surface area contributed by atoms with Gasteiger partial charge in [-0.05, 0) is 35.8 Å². The van der Waals surface area contributed by atoms with Gasteiger partial charge in [0.15, 0.2) is 0 Å². The molecular weight excluding hydrogens is 224 g/mol. The molecule has 1 aliphatic rings. The summed E-state index contributed by atoms with van der Waals surface area (Å²) in [7, 11) is 0. The number of rotatable bonds is 2. The smallest absolute Gasteiger partial charge is 0.228 e. The predicted octanol–water partition coefficient (Wildman–Crippen LogP) is 2.12. The van der Waals surface area contributed by atoms with Crippen molar-refractivity contribution in [2.24, 2.45) is 5.73 Å². The largest absolute Gasteiger partial charge is 0.399 e. The first-order valence-electron chi connectivity index (χ1n) is 5.80. The molecule has 3 N–H and O–H groups in total. The number of fused-ring (bicyclic) bond motifs is 1. The highest BCUT2D eigenvalue weighted by Gasteiger charge is 2.16. The van der Waals surface area contributed by atoms with E-state index in [2.05, 4.69) is 11.9 Å². The van der Waals surface area contributed by atoms with Gasteiger partial charge in [-0.2, -0.15) is 0 Å². The van der Waals surface area contributed by atoms with Crippen molar-refractivity contribution in [2.45, 2.75) is 13.3 Å². The first-order chi connectivity index (χ1) is 8.61. The van der Waals surface area contributed by atoms with Crippen molar-refractivity contribution in [1.82, 2.24) is 5.32 Å². The first-order valence-corrected chi connectivity index (χ1v) is 5.80. The van der Waals surface area contributed by atoms with Crippen molar-refractivity contribution in [1.29, 1.82) is 0 Å². The van der Waals surface area contributed by atoms with Gasteiger partial charge < -0.3 is 11.1 Å². The van der Waals surface area contributed by atoms with E-state index in [1.54, 1.807) is 12.2 Å². The highest BCUT2D eigenvalue weighted by atomic mass is 16.1. The second-order valence-corrected chi connectivity index (χ2v) is 4.27. The van der Waals surface area contributed by atoms with Crippen LogP contribution in [-0.4, -0.2) is 5.91 Å². The Morgan fingerprint density at radius 1 is 1.44 bits per heavy atom. The number of benzene rings is 1. The molecule has 0 unspecified atom stereocenters. The number of carbonyl (C=O) groups is 1. The summed E-state index contributed by atoms with van der Waals surface area (Å²) in [6.07, 6.45) is 3.68. The number of hydrogen-bond donors (Lipinski definition) is 2. The van der Waals surface area contributed by atoms with Gasteiger partial charge >= 0.3 is 0 Å². The molecule has 3 nitrogen and oxygen atoms in total. The maximum Gasteiger partial charge on any atom is 0.228 e. The average molecular weight is 240 g/mol. The van der Waals surface area contributed by atoms with E-state index < -0.39 is 0 Å². The van der Waals surface area contributed by atoms with Crippen LogP contribution in [0.5, 0.6) is 0 Å². The van der Waals surface area contributed by atoms with Crippen molar-refractivity contribution >= 4 is 11.5 Å². The third-order valence-electron chi connectivity index (χ3n) is 3.00. The lowest BCUT2D eigenvalue weighted by Crippen LogP contribution is -2.22. The Hall–Kier alpha value is -2.29. The number of hydrogen-bond acceptors (Lipinski definition) is 2. The monoisotopic (exact) mass is 240 g/mol. The third kappa shape index (κ3) is 2.35. The fraction of sp³-hybridized carbons (Fsp3) is 0.133. The highest BCUT2D eigenvalue weighted by Crippen LogP contribution is 2.25. The zero-order valence-electron chi connectivity index (χ0n) is 10.4. The van der Waals surface area contributed by atoms with E-state index >= 15 is 0 Å². The number of amides is 1. The van der Waals surface area contributed by atoms with Gasteiger partial charge in [-0.25, -0.2) is 0 Å². The molecule has 3 heteroatoms. The predicted molar refractivity (Wildman–Crippen MR) is 73.4 cm³/mol. The van der Waals surface area contributed by atoms with Crippen LogP contribution >= 0.6 is 0 Å². The number of nitrogens with two attached hydrogens (primary N) is 1. The molecular formula is C15H16N2O. The Labute approximate surface area is 107 Å². The van der Waals surface area contributed by atoms with Gasteiger partial charge in [0.1, 0.15) is 0 Å². The van der Waals surface area contributed by atoms with Gasteiger partial charge in [-0.3, -0.25) is 4.79 Å².